The molecular formula is C17H19BrClNO. The predicted octanol–water partition coefficient (Wildman–Crippen LogP) is 5.00. The lowest BCUT2D eigenvalue weighted by atomic mass is 9.98. The highest BCUT2D eigenvalue weighted by Gasteiger charge is 2.17. The van der Waals surface area contributed by atoms with Gasteiger partial charge >= 0.3 is 0 Å². The van der Waals surface area contributed by atoms with E-state index in [1.165, 1.54) is 0 Å². The van der Waals surface area contributed by atoms with Gasteiger partial charge in [0, 0.05) is 21.1 Å². The Labute approximate surface area is 139 Å². The lowest BCUT2D eigenvalue weighted by molar-refractivity contribution is 0.399. The quantitative estimate of drug-likeness (QED) is 0.774. The first-order valence-electron chi connectivity index (χ1n) is 6.96. The molecule has 0 heterocycles. The van der Waals surface area contributed by atoms with Crippen LogP contribution in [-0.2, 0) is 6.42 Å². The second-order valence-electron chi connectivity index (χ2n) is 4.79. The molecule has 0 aromatic heterocycles. The molecule has 1 atom stereocenters. The van der Waals surface area contributed by atoms with Gasteiger partial charge in [-0.2, -0.15) is 0 Å². The summed E-state index contributed by atoms with van der Waals surface area (Å²) < 4.78 is 6.54. The van der Waals surface area contributed by atoms with Gasteiger partial charge in [0.05, 0.1) is 7.11 Å². The molecule has 1 unspecified atom stereocenters. The van der Waals surface area contributed by atoms with Crippen molar-refractivity contribution in [1.29, 1.82) is 0 Å². The highest BCUT2D eigenvalue weighted by Crippen LogP contribution is 2.31. The second-order valence-corrected chi connectivity index (χ2v) is 6.11. The highest BCUT2D eigenvalue weighted by molar-refractivity contribution is 9.10. The van der Waals surface area contributed by atoms with E-state index in [-0.39, 0.29) is 6.04 Å². The summed E-state index contributed by atoms with van der Waals surface area (Å²) >= 11 is 9.83. The third-order valence-electron chi connectivity index (χ3n) is 3.40. The molecule has 112 valence electrons. The summed E-state index contributed by atoms with van der Waals surface area (Å²) in [5.41, 5.74) is 2.26. The van der Waals surface area contributed by atoms with E-state index in [0.29, 0.717) is 0 Å². The van der Waals surface area contributed by atoms with Crippen molar-refractivity contribution in [3.8, 4) is 5.75 Å². The first-order chi connectivity index (χ1) is 10.2. The van der Waals surface area contributed by atoms with Gasteiger partial charge in [-0.05, 0) is 42.8 Å². The Balaban J connectivity index is 2.35. The summed E-state index contributed by atoms with van der Waals surface area (Å²) in [6, 6.07) is 14.2. The van der Waals surface area contributed by atoms with Gasteiger partial charge in [-0.3, -0.25) is 0 Å². The molecule has 0 aliphatic heterocycles. The lowest BCUT2D eigenvalue weighted by Gasteiger charge is -2.21. The van der Waals surface area contributed by atoms with E-state index in [1.807, 2.05) is 30.3 Å². The number of hydrogen-bond acceptors (Lipinski definition) is 2. The molecule has 0 saturated heterocycles. The molecule has 0 fully saturated rings. The van der Waals surface area contributed by atoms with Crippen LogP contribution >= 0.6 is 27.5 Å². The molecule has 0 aliphatic carbocycles. The zero-order valence-electron chi connectivity index (χ0n) is 12.2. The smallest absolute Gasteiger partial charge is 0.123 e. The first-order valence-corrected chi connectivity index (χ1v) is 8.13. The van der Waals surface area contributed by atoms with Gasteiger partial charge < -0.3 is 10.1 Å². The van der Waals surface area contributed by atoms with Crippen LogP contribution in [0.4, 0.5) is 0 Å². The molecule has 21 heavy (non-hydrogen) atoms. The highest BCUT2D eigenvalue weighted by atomic mass is 79.9. The Bertz CT molecular complexity index is 603. The van der Waals surface area contributed by atoms with E-state index in [9.17, 15) is 0 Å². The minimum Gasteiger partial charge on any atom is -0.496 e. The number of hydrogen-bond donors (Lipinski definition) is 1. The average molecular weight is 369 g/mol. The summed E-state index contributed by atoms with van der Waals surface area (Å²) in [4.78, 5) is 0. The van der Waals surface area contributed by atoms with Crippen molar-refractivity contribution in [3.63, 3.8) is 0 Å². The molecule has 0 bridgehead atoms. The van der Waals surface area contributed by atoms with Crippen molar-refractivity contribution < 1.29 is 4.74 Å². The van der Waals surface area contributed by atoms with Crippen molar-refractivity contribution >= 4 is 27.5 Å². The zero-order valence-corrected chi connectivity index (χ0v) is 14.5. The standard InChI is InChI=1S/C17H19BrClNO/c1-3-20-16(10-12-6-4-5-7-15(12)19)14-11-13(18)8-9-17(14)21-2/h4-9,11,16,20H,3,10H2,1-2H3. The number of halogens is 2. The van der Waals surface area contributed by atoms with E-state index in [1.54, 1.807) is 7.11 Å². The van der Waals surface area contributed by atoms with Crippen LogP contribution in [0.2, 0.25) is 5.02 Å². The number of benzene rings is 2. The molecule has 0 spiro atoms. The molecule has 0 aliphatic rings. The van der Waals surface area contributed by atoms with Gasteiger partial charge in [0.25, 0.3) is 0 Å². The summed E-state index contributed by atoms with van der Waals surface area (Å²) in [6.07, 6.45) is 0.820. The SMILES string of the molecule is CCNC(Cc1ccccc1Cl)c1cc(Br)ccc1OC. The third kappa shape index (κ3) is 4.22. The van der Waals surface area contributed by atoms with Gasteiger partial charge in [-0.15, -0.1) is 0 Å². The maximum atomic E-state index is 6.29. The van der Waals surface area contributed by atoms with Gasteiger partial charge in [0.1, 0.15) is 5.75 Å². The average Bonchev–Trinajstić information content (AvgIpc) is 2.49. The van der Waals surface area contributed by atoms with Crippen LogP contribution in [0.15, 0.2) is 46.9 Å². The summed E-state index contributed by atoms with van der Waals surface area (Å²) in [5, 5.41) is 4.32. The zero-order chi connectivity index (χ0) is 15.2. The van der Waals surface area contributed by atoms with E-state index in [4.69, 9.17) is 16.3 Å². The fourth-order valence-electron chi connectivity index (χ4n) is 2.40. The van der Waals surface area contributed by atoms with Gasteiger partial charge in [-0.25, -0.2) is 0 Å². The largest absolute Gasteiger partial charge is 0.496 e. The van der Waals surface area contributed by atoms with Crippen LogP contribution in [0.3, 0.4) is 0 Å². The molecule has 0 saturated carbocycles. The molecule has 2 aromatic rings. The van der Waals surface area contributed by atoms with Crippen LogP contribution in [0.5, 0.6) is 5.75 Å². The Kier molecular flexibility index (Phi) is 6.09. The molecule has 1 N–H and O–H groups in total. The number of nitrogens with one attached hydrogen (secondary N) is 1. The van der Waals surface area contributed by atoms with Crippen molar-refractivity contribution in [2.45, 2.75) is 19.4 Å². The van der Waals surface area contributed by atoms with Crippen LogP contribution in [-0.4, -0.2) is 13.7 Å². The van der Waals surface area contributed by atoms with Crippen molar-refractivity contribution in [2.75, 3.05) is 13.7 Å². The van der Waals surface area contributed by atoms with Crippen LogP contribution in [0.1, 0.15) is 24.1 Å². The van der Waals surface area contributed by atoms with Crippen molar-refractivity contribution in [3.05, 3.63) is 63.1 Å². The van der Waals surface area contributed by atoms with Crippen molar-refractivity contribution in [1.82, 2.24) is 5.32 Å². The topological polar surface area (TPSA) is 21.3 Å². The maximum Gasteiger partial charge on any atom is 0.123 e. The van der Waals surface area contributed by atoms with E-state index >= 15 is 0 Å². The van der Waals surface area contributed by atoms with Gasteiger partial charge in [0.15, 0.2) is 0 Å². The lowest BCUT2D eigenvalue weighted by Crippen LogP contribution is -2.23. The van der Waals surface area contributed by atoms with E-state index < -0.39 is 0 Å². The molecule has 0 radical (unpaired) electrons. The Morgan fingerprint density at radius 2 is 2.00 bits per heavy atom. The summed E-state index contributed by atoms with van der Waals surface area (Å²) in [6.45, 7) is 2.98. The molecule has 0 amide bonds. The normalized spacial score (nSPS) is 12.2. The Morgan fingerprint density at radius 1 is 1.24 bits per heavy atom. The Hall–Kier alpha value is -1.03. The minimum atomic E-state index is 0.155. The predicted molar refractivity (Wildman–Crippen MR) is 92.3 cm³/mol. The van der Waals surface area contributed by atoms with Crippen molar-refractivity contribution in [2.24, 2.45) is 0 Å². The maximum absolute atomic E-state index is 6.29. The fraction of sp³-hybridized carbons (Fsp3) is 0.294. The van der Waals surface area contributed by atoms with Gasteiger partial charge in [0.2, 0.25) is 0 Å². The van der Waals surface area contributed by atoms with Crippen LogP contribution < -0.4 is 10.1 Å². The summed E-state index contributed by atoms with van der Waals surface area (Å²) in [5.74, 6) is 0.885. The monoisotopic (exact) mass is 367 g/mol. The molecular weight excluding hydrogens is 350 g/mol. The fourth-order valence-corrected chi connectivity index (χ4v) is 2.99. The van der Waals surface area contributed by atoms with E-state index in [2.05, 4.69) is 40.3 Å². The molecule has 2 rings (SSSR count). The second kappa shape index (κ2) is 7.83. The Morgan fingerprint density at radius 3 is 2.67 bits per heavy atom. The van der Waals surface area contributed by atoms with Crippen LogP contribution in [0, 0.1) is 0 Å². The molecule has 4 heteroatoms. The number of likely N-dealkylation sites (N-methyl/N-ethyl adjacent to an activating group) is 1. The number of methoxy groups -OCH3 is 1. The minimum absolute atomic E-state index is 0.155. The van der Waals surface area contributed by atoms with Gasteiger partial charge in [-0.1, -0.05) is 52.7 Å². The number of rotatable bonds is 6. The summed E-state index contributed by atoms with van der Waals surface area (Å²) in [7, 11) is 1.70. The number of ether oxygens (including phenoxy) is 1. The third-order valence-corrected chi connectivity index (χ3v) is 4.26. The van der Waals surface area contributed by atoms with E-state index in [0.717, 1.165) is 39.3 Å². The molecule has 2 nitrogen and oxygen atoms in total. The first kappa shape index (κ1) is 16.3. The molecule has 2 aromatic carbocycles. The van der Waals surface area contributed by atoms with Crippen LogP contribution in [0.25, 0.3) is 0 Å².